The Morgan fingerprint density at radius 1 is 0.737 bits per heavy atom. The molecule has 38 heavy (non-hydrogen) atoms. The van der Waals surface area contributed by atoms with Crippen LogP contribution in [0.2, 0.25) is 0 Å². The molecule has 1 heterocycles. The van der Waals surface area contributed by atoms with Crippen molar-refractivity contribution in [2.24, 2.45) is 0 Å². The lowest BCUT2D eigenvalue weighted by molar-refractivity contribution is -0.130. The van der Waals surface area contributed by atoms with Crippen molar-refractivity contribution in [1.29, 1.82) is 0 Å². The van der Waals surface area contributed by atoms with Crippen molar-refractivity contribution in [1.82, 2.24) is 9.80 Å². The van der Waals surface area contributed by atoms with Gasteiger partial charge in [-0.25, -0.2) is 9.69 Å². The number of rotatable bonds is 10. The minimum absolute atomic E-state index is 0.171. The van der Waals surface area contributed by atoms with E-state index in [0.717, 1.165) is 11.1 Å². The molecule has 1 aliphatic heterocycles. The molecule has 0 radical (unpaired) electrons. The molecule has 5 rings (SSSR count). The maximum absolute atomic E-state index is 13.8. The summed E-state index contributed by atoms with van der Waals surface area (Å²) in [7, 11) is 0. The molecular weight excluding hydrogens is 472 g/mol. The summed E-state index contributed by atoms with van der Waals surface area (Å²) in [6, 6.07) is 40.1. The number of carbonyl (C=O) groups excluding carboxylic acids is 2. The van der Waals surface area contributed by atoms with Crippen LogP contribution in [0.3, 0.4) is 0 Å². The molecule has 0 aliphatic carbocycles. The van der Waals surface area contributed by atoms with Gasteiger partial charge in [-0.1, -0.05) is 121 Å². The van der Waals surface area contributed by atoms with E-state index in [-0.39, 0.29) is 31.0 Å². The van der Waals surface area contributed by atoms with Crippen LogP contribution in [0.25, 0.3) is 0 Å². The smallest absolute Gasteiger partial charge is 0.416 e. The van der Waals surface area contributed by atoms with Gasteiger partial charge in [0.15, 0.2) is 0 Å². The summed E-state index contributed by atoms with van der Waals surface area (Å²) in [6.45, 7) is 1.55. The first kappa shape index (κ1) is 25.4. The highest BCUT2D eigenvalue weighted by molar-refractivity contribution is 5.94. The van der Waals surface area contributed by atoms with E-state index in [1.54, 1.807) is 0 Å². The van der Waals surface area contributed by atoms with Crippen LogP contribution in [-0.4, -0.2) is 34.4 Å². The van der Waals surface area contributed by atoms with E-state index in [2.05, 4.69) is 41.3 Å². The highest BCUT2D eigenvalue weighted by Gasteiger charge is 2.39. The van der Waals surface area contributed by atoms with E-state index in [1.165, 1.54) is 16.0 Å². The summed E-state index contributed by atoms with van der Waals surface area (Å²) in [6.07, 6.45) is 0.191. The Hall–Kier alpha value is -4.22. The first-order chi connectivity index (χ1) is 18.7. The Balaban J connectivity index is 1.44. The van der Waals surface area contributed by atoms with Gasteiger partial charge in [-0.15, -0.1) is 0 Å². The fourth-order valence-corrected chi connectivity index (χ4v) is 5.11. The average Bonchev–Trinajstić information content (AvgIpc) is 3.33. The number of ether oxygens (including phenoxy) is 1. The van der Waals surface area contributed by atoms with Gasteiger partial charge in [0.25, 0.3) is 0 Å². The second-order valence-electron chi connectivity index (χ2n) is 9.69. The fourth-order valence-electron chi connectivity index (χ4n) is 5.11. The highest BCUT2D eigenvalue weighted by Crippen LogP contribution is 2.30. The van der Waals surface area contributed by atoms with Gasteiger partial charge in [-0.2, -0.15) is 0 Å². The van der Waals surface area contributed by atoms with Gasteiger partial charge in [-0.3, -0.25) is 9.69 Å². The predicted octanol–water partition coefficient (Wildman–Crippen LogP) is 6.41. The first-order valence-corrected chi connectivity index (χ1v) is 13.1. The molecule has 0 bridgehead atoms. The van der Waals surface area contributed by atoms with E-state index in [4.69, 9.17) is 4.74 Å². The largest absolute Gasteiger partial charge is 0.447 e. The lowest BCUT2D eigenvalue weighted by atomic mass is 9.98. The van der Waals surface area contributed by atoms with E-state index >= 15 is 0 Å². The molecule has 0 saturated carbocycles. The number of carbonyl (C=O) groups is 2. The number of hydrogen-bond acceptors (Lipinski definition) is 4. The van der Waals surface area contributed by atoms with Gasteiger partial charge >= 0.3 is 6.09 Å². The van der Waals surface area contributed by atoms with Gasteiger partial charge in [0.2, 0.25) is 5.91 Å². The van der Waals surface area contributed by atoms with Crippen LogP contribution in [-0.2, 0) is 29.0 Å². The van der Waals surface area contributed by atoms with Crippen LogP contribution in [0.4, 0.5) is 4.79 Å². The molecule has 0 N–H and O–H groups in total. The third kappa shape index (κ3) is 6.36. The Morgan fingerprint density at radius 3 is 1.74 bits per heavy atom. The number of nitrogens with zero attached hydrogens (tertiary/aromatic N) is 2. The molecule has 192 valence electrons. The van der Waals surface area contributed by atoms with Crippen LogP contribution >= 0.6 is 0 Å². The van der Waals surface area contributed by atoms with E-state index in [9.17, 15) is 9.59 Å². The number of amides is 2. The SMILES string of the molecule is O=C(C[C@H](c1ccccc1)N(Cc1ccccc1)Cc1ccccc1)N1C(=O)OC[C@@H]1Cc1ccccc1. The normalized spacial score (nSPS) is 15.9. The van der Waals surface area contributed by atoms with E-state index in [1.807, 2.05) is 84.9 Å². The van der Waals surface area contributed by atoms with Crippen molar-refractivity contribution in [2.75, 3.05) is 6.61 Å². The number of cyclic esters (lactones) is 1. The lowest BCUT2D eigenvalue weighted by Gasteiger charge is -2.33. The molecule has 5 heteroatoms. The Kier molecular flexibility index (Phi) is 8.26. The van der Waals surface area contributed by atoms with Crippen LogP contribution < -0.4 is 0 Å². The Bertz CT molecular complexity index is 1270. The molecule has 1 saturated heterocycles. The third-order valence-corrected chi connectivity index (χ3v) is 6.99. The second-order valence-corrected chi connectivity index (χ2v) is 9.69. The summed E-state index contributed by atoms with van der Waals surface area (Å²) in [5, 5.41) is 0. The van der Waals surface area contributed by atoms with Crippen molar-refractivity contribution >= 4 is 12.0 Å². The maximum atomic E-state index is 13.8. The molecule has 0 spiro atoms. The topological polar surface area (TPSA) is 49.9 Å². The molecule has 2 amide bonds. The minimum Gasteiger partial charge on any atom is -0.447 e. The molecular formula is C33H32N2O3. The third-order valence-electron chi connectivity index (χ3n) is 6.99. The van der Waals surface area contributed by atoms with Crippen LogP contribution in [0, 0.1) is 0 Å². The molecule has 2 atom stereocenters. The lowest BCUT2D eigenvalue weighted by Crippen LogP contribution is -2.42. The molecule has 0 unspecified atom stereocenters. The molecule has 5 nitrogen and oxygen atoms in total. The fraction of sp³-hybridized carbons (Fsp3) is 0.212. The molecule has 1 aliphatic rings. The van der Waals surface area contributed by atoms with Gasteiger partial charge in [0.1, 0.15) is 6.61 Å². The highest BCUT2D eigenvalue weighted by atomic mass is 16.6. The Morgan fingerprint density at radius 2 is 1.21 bits per heavy atom. The van der Waals surface area contributed by atoms with Crippen molar-refractivity contribution in [2.45, 2.75) is 38.0 Å². The second kappa shape index (κ2) is 12.3. The van der Waals surface area contributed by atoms with Gasteiger partial charge in [-0.05, 0) is 28.7 Å². The van der Waals surface area contributed by atoms with Crippen LogP contribution in [0.1, 0.15) is 34.7 Å². The number of hydrogen-bond donors (Lipinski definition) is 0. The van der Waals surface area contributed by atoms with E-state index in [0.29, 0.717) is 19.5 Å². The summed E-state index contributed by atoms with van der Waals surface area (Å²) in [5.41, 5.74) is 4.45. The van der Waals surface area contributed by atoms with Crippen molar-refractivity contribution in [3.8, 4) is 0 Å². The predicted molar refractivity (Wildman–Crippen MR) is 148 cm³/mol. The quantitative estimate of drug-likeness (QED) is 0.250. The van der Waals surface area contributed by atoms with Crippen LogP contribution in [0.15, 0.2) is 121 Å². The van der Waals surface area contributed by atoms with Gasteiger partial charge in [0, 0.05) is 25.6 Å². The molecule has 0 aromatic heterocycles. The molecule has 4 aromatic carbocycles. The maximum Gasteiger partial charge on any atom is 0.416 e. The summed E-state index contributed by atoms with van der Waals surface area (Å²) in [4.78, 5) is 30.3. The summed E-state index contributed by atoms with van der Waals surface area (Å²) >= 11 is 0. The van der Waals surface area contributed by atoms with Crippen molar-refractivity contribution < 1.29 is 14.3 Å². The number of benzene rings is 4. The molecule has 4 aromatic rings. The van der Waals surface area contributed by atoms with E-state index < -0.39 is 6.09 Å². The minimum atomic E-state index is -0.555. The monoisotopic (exact) mass is 504 g/mol. The Labute approximate surface area is 224 Å². The first-order valence-electron chi connectivity index (χ1n) is 13.1. The zero-order valence-corrected chi connectivity index (χ0v) is 21.4. The van der Waals surface area contributed by atoms with Gasteiger partial charge < -0.3 is 4.74 Å². The summed E-state index contributed by atoms with van der Waals surface area (Å²) < 4.78 is 5.36. The van der Waals surface area contributed by atoms with Crippen LogP contribution in [0.5, 0.6) is 0 Å². The summed E-state index contributed by atoms with van der Waals surface area (Å²) in [5.74, 6) is -0.214. The standard InChI is InChI=1S/C33H32N2O3/c36-32(35-30(25-38-33(35)37)21-26-13-5-1-6-14-26)22-31(29-19-11-4-12-20-29)34(23-27-15-7-2-8-16-27)24-28-17-9-3-10-18-28/h1-20,30-31H,21-25H2/t30-,31+/m0/s1. The van der Waals surface area contributed by atoms with Crippen molar-refractivity contribution in [3.05, 3.63) is 144 Å². The number of imide groups is 1. The average molecular weight is 505 g/mol. The van der Waals surface area contributed by atoms with Gasteiger partial charge in [0.05, 0.1) is 6.04 Å². The molecule has 1 fully saturated rings. The van der Waals surface area contributed by atoms with Crippen molar-refractivity contribution in [3.63, 3.8) is 0 Å². The zero-order valence-electron chi connectivity index (χ0n) is 21.4. The zero-order chi connectivity index (χ0) is 26.2.